The molecule has 0 aliphatic heterocycles. The Morgan fingerprint density at radius 2 is 2.11 bits per heavy atom. The largest absolute Gasteiger partial charge is 0.488 e. The van der Waals surface area contributed by atoms with Crippen LogP contribution in [0.1, 0.15) is 27.2 Å². The maximum Gasteiger partial charge on any atom is 0.167 e. The van der Waals surface area contributed by atoms with E-state index >= 15 is 0 Å². The second-order valence-corrected chi connectivity index (χ2v) is 4.48. The van der Waals surface area contributed by atoms with Crippen LogP contribution in [0.3, 0.4) is 0 Å². The number of ether oxygens (including phenoxy) is 1. The third kappa shape index (κ3) is 4.07. The van der Waals surface area contributed by atoms with Gasteiger partial charge in [-0.05, 0) is 20.3 Å². The van der Waals surface area contributed by atoms with Crippen molar-refractivity contribution in [2.24, 2.45) is 0 Å². The molecule has 0 spiro atoms. The van der Waals surface area contributed by atoms with Crippen molar-refractivity contribution in [1.82, 2.24) is 0 Å². The van der Waals surface area contributed by atoms with Gasteiger partial charge in [0.25, 0.3) is 0 Å². The zero-order valence-corrected chi connectivity index (χ0v) is 11.0. The van der Waals surface area contributed by atoms with Gasteiger partial charge in [-0.15, -0.1) is 0 Å². The first-order chi connectivity index (χ1) is 8.43. The summed E-state index contributed by atoms with van der Waals surface area (Å²) >= 11 is 0. The molecule has 0 aliphatic rings. The van der Waals surface area contributed by atoms with E-state index in [1.807, 2.05) is 20.8 Å². The number of aliphatic hydroxyl groups is 1. The van der Waals surface area contributed by atoms with E-state index in [0.29, 0.717) is 24.3 Å². The summed E-state index contributed by atoms with van der Waals surface area (Å²) in [6, 6.07) is 2.74. The van der Waals surface area contributed by atoms with Crippen molar-refractivity contribution < 1.29 is 14.2 Å². The van der Waals surface area contributed by atoms with Crippen LogP contribution in [-0.4, -0.2) is 23.9 Å². The Kier molecular flexibility index (Phi) is 5.22. The fourth-order valence-corrected chi connectivity index (χ4v) is 1.44. The highest BCUT2D eigenvalue weighted by Crippen LogP contribution is 2.28. The van der Waals surface area contributed by atoms with Crippen LogP contribution in [0.4, 0.5) is 15.8 Å². The molecule has 1 atom stereocenters. The molecular formula is C13H21FN2O2. The van der Waals surface area contributed by atoms with Crippen molar-refractivity contribution >= 4 is 11.4 Å². The second kappa shape index (κ2) is 6.44. The Morgan fingerprint density at radius 3 is 2.67 bits per heavy atom. The van der Waals surface area contributed by atoms with Crippen molar-refractivity contribution in [2.45, 2.75) is 39.4 Å². The smallest absolute Gasteiger partial charge is 0.167 e. The van der Waals surface area contributed by atoms with Gasteiger partial charge in [0.05, 0.1) is 23.6 Å². The number of rotatable bonds is 6. The highest BCUT2D eigenvalue weighted by molar-refractivity contribution is 5.68. The van der Waals surface area contributed by atoms with Crippen LogP contribution in [0.15, 0.2) is 12.1 Å². The predicted molar refractivity (Wildman–Crippen MR) is 71.4 cm³/mol. The molecular weight excluding hydrogens is 235 g/mol. The molecule has 0 amide bonds. The molecule has 0 saturated heterocycles. The Labute approximate surface area is 107 Å². The van der Waals surface area contributed by atoms with Crippen molar-refractivity contribution in [2.75, 3.05) is 17.6 Å². The third-order valence-corrected chi connectivity index (χ3v) is 2.47. The molecule has 0 aromatic heterocycles. The van der Waals surface area contributed by atoms with Crippen molar-refractivity contribution in [1.29, 1.82) is 0 Å². The fourth-order valence-electron chi connectivity index (χ4n) is 1.44. The van der Waals surface area contributed by atoms with Crippen LogP contribution < -0.4 is 15.8 Å². The Hall–Kier alpha value is -1.49. The molecule has 18 heavy (non-hydrogen) atoms. The van der Waals surface area contributed by atoms with Crippen LogP contribution in [0.5, 0.6) is 5.75 Å². The lowest BCUT2D eigenvalue weighted by Gasteiger charge is -2.16. The van der Waals surface area contributed by atoms with E-state index in [-0.39, 0.29) is 11.9 Å². The molecule has 0 bridgehead atoms. The zero-order valence-electron chi connectivity index (χ0n) is 11.0. The summed E-state index contributed by atoms with van der Waals surface area (Å²) in [7, 11) is 0. The minimum absolute atomic E-state index is 0.114. The van der Waals surface area contributed by atoms with Gasteiger partial charge in [0.1, 0.15) is 0 Å². The average molecular weight is 256 g/mol. The van der Waals surface area contributed by atoms with Gasteiger partial charge in [-0.3, -0.25) is 0 Å². The van der Waals surface area contributed by atoms with Crippen molar-refractivity contribution in [3.63, 3.8) is 0 Å². The summed E-state index contributed by atoms with van der Waals surface area (Å²) in [5, 5.41) is 12.5. The topological polar surface area (TPSA) is 67.5 Å². The minimum atomic E-state index is -0.484. The molecule has 5 heteroatoms. The van der Waals surface area contributed by atoms with Gasteiger partial charge >= 0.3 is 0 Å². The summed E-state index contributed by atoms with van der Waals surface area (Å²) in [6.45, 7) is 5.90. The van der Waals surface area contributed by atoms with Gasteiger partial charge in [-0.1, -0.05) is 6.92 Å². The summed E-state index contributed by atoms with van der Waals surface area (Å²) in [5.41, 5.74) is 6.58. The van der Waals surface area contributed by atoms with Gasteiger partial charge in [-0.25, -0.2) is 4.39 Å². The normalized spacial score (nSPS) is 12.6. The van der Waals surface area contributed by atoms with Gasteiger partial charge in [-0.2, -0.15) is 0 Å². The summed E-state index contributed by atoms with van der Waals surface area (Å²) in [4.78, 5) is 0. The standard InChI is InChI=1S/C13H21FN2O2/c1-4-9(17)7-16-12-6-13(18-8(2)3)10(14)5-11(12)15/h5-6,8-9,16-17H,4,7,15H2,1-3H3. The van der Waals surface area contributed by atoms with Gasteiger partial charge in [0.15, 0.2) is 11.6 Å². The van der Waals surface area contributed by atoms with Crippen LogP contribution in [0.2, 0.25) is 0 Å². The lowest BCUT2D eigenvalue weighted by molar-refractivity contribution is 0.183. The molecule has 1 rings (SSSR count). The lowest BCUT2D eigenvalue weighted by Crippen LogP contribution is -2.19. The van der Waals surface area contributed by atoms with Crippen molar-refractivity contribution in [3.8, 4) is 5.75 Å². The first-order valence-corrected chi connectivity index (χ1v) is 6.11. The molecule has 4 nitrogen and oxygen atoms in total. The third-order valence-electron chi connectivity index (χ3n) is 2.47. The number of anilines is 2. The first kappa shape index (κ1) is 14.6. The zero-order chi connectivity index (χ0) is 13.7. The number of aliphatic hydroxyl groups excluding tert-OH is 1. The molecule has 4 N–H and O–H groups in total. The Balaban J connectivity index is 2.84. The molecule has 1 unspecified atom stereocenters. The van der Waals surface area contributed by atoms with E-state index in [1.165, 1.54) is 12.1 Å². The Morgan fingerprint density at radius 1 is 1.44 bits per heavy atom. The summed E-state index contributed by atoms with van der Waals surface area (Å²) in [6.07, 6.45) is 0.0739. The van der Waals surface area contributed by atoms with E-state index in [0.717, 1.165) is 0 Å². The van der Waals surface area contributed by atoms with Gasteiger partial charge in [0.2, 0.25) is 0 Å². The van der Waals surface area contributed by atoms with Crippen LogP contribution in [0.25, 0.3) is 0 Å². The molecule has 102 valence electrons. The fraction of sp³-hybridized carbons (Fsp3) is 0.538. The van der Waals surface area contributed by atoms with Crippen molar-refractivity contribution in [3.05, 3.63) is 17.9 Å². The molecule has 0 aliphatic carbocycles. The number of nitrogens with one attached hydrogen (secondary N) is 1. The number of nitrogens with two attached hydrogens (primary N) is 1. The lowest BCUT2D eigenvalue weighted by atomic mass is 10.2. The Bertz CT molecular complexity index is 397. The highest BCUT2D eigenvalue weighted by atomic mass is 19.1. The number of hydrogen-bond acceptors (Lipinski definition) is 4. The molecule has 0 heterocycles. The molecule has 0 saturated carbocycles. The number of benzene rings is 1. The highest BCUT2D eigenvalue weighted by Gasteiger charge is 2.11. The van der Waals surface area contributed by atoms with E-state index < -0.39 is 11.9 Å². The SMILES string of the molecule is CCC(O)CNc1cc(OC(C)C)c(F)cc1N. The number of hydrogen-bond donors (Lipinski definition) is 3. The summed E-state index contributed by atoms with van der Waals surface area (Å²) in [5.74, 6) is -0.324. The molecule has 0 fully saturated rings. The van der Waals surface area contributed by atoms with Gasteiger partial charge in [0, 0.05) is 18.7 Å². The predicted octanol–water partition coefficient (Wildman–Crippen LogP) is 2.38. The van der Waals surface area contributed by atoms with Crippen LogP contribution in [0, 0.1) is 5.82 Å². The number of halogens is 1. The molecule has 1 aromatic rings. The summed E-state index contributed by atoms with van der Waals surface area (Å²) < 4.78 is 18.9. The second-order valence-electron chi connectivity index (χ2n) is 4.48. The number of nitrogen functional groups attached to an aromatic ring is 1. The molecule has 0 radical (unpaired) electrons. The van der Waals surface area contributed by atoms with Crippen LogP contribution in [-0.2, 0) is 0 Å². The maximum atomic E-state index is 13.6. The molecule has 1 aromatic carbocycles. The van der Waals surface area contributed by atoms with Crippen LogP contribution >= 0.6 is 0 Å². The van der Waals surface area contributed by atoms with E-state index in [1.54, 1.807) is 0 Å². The quantitative estimate of drug-likeness (QED) is 0.684. The maximum absolute atomic E-state index is 13.6. The monoisotopic (exact) mass is 256 g/mol. The average Bonchev–Trinajstić information content (AvgIpc) is 2.30. The van der Waals surface area contributed by atoms with E-state index in [2.05, 4.69) is 5.32 Å². The first-order valence-electron chi connectivity index (χ1n) is 6.11. The van der Waals surface area contributed by atoms with E-state index in [4.69, 9.17) is 10.5 Å². The van der Waals surface area contributed by atoms with E-state index in [9.17, 15) is 9.50 Å². The minimum Gasteiger partial charge on any atom is -0.488 e. The van der Waals surface area contributed by atoms with Gasteiger partial charge < -0.3 is 20.9 Å².